The smallest absolute Gasteiger partial charge is 0.293 e. The molecule has 1 heterocycles. The first kappa shape index (κ1) is 16.4. The van der Waals surface area contributed by atoms with Gasteiger partial charge in [0.2, 0.25) is 0 Å². The van der Waals surface area contributed by atoms with E-state index in [4.69, 9.17) is 4.74 Å². The Labute approximate surface area is 135 Å². The first-order valence-electron chi connectivity index (χ1n) is 6.77. The van der Waals surface area contributed by atoms with Gasteiger partial charge in [-0.25, -0.2) is 4.39 Å². The van der Waals surface area contributed by atoms with Crippen molar-refractivity contribution in [3.63, 3.8) is 0 Å². The molecule has 8 heteroatoms. The molecule has 116 valence electrons. The average molecular weight is 409 g/mol. The van der Waals surface area contributed by atoms with E-state index in [0.29, 0.717) is 13.2 Å². The predicted octanol–water partition coefficient (Wildman–Crippen LogP) is 2.52. The molecule has 1 aliphatic rings. The van der Waals surface area contributed by atoms with Gasteiger partial charge in [0.15, 0.2) is 0 Å². The molecule has 1 aromatic rings. The molecule has 1 saturated heterocycles. The van der Waals surface area contributed by atoms with Crippen LogP contribution in [-0.4, -0.2) is 37.3 Å². The van der Waals surface area contributed by atoms with Gasteiger partial charge in [0.1, 0.15) is 11.5 Å². The van der Waals surface area contributed by atoms with Crippen molar-refractivity contribution in [2.24, 2.45) is 0 Å². The summed E-state index contributed by atoms with van der Waals surface area (Å²) in [6, 6.07) is 2.39. The molecule has 0 unspecified atom stereocenters. The van der Waals surface area contributed by atoms with Crippen LogP contribution in [0.1, 0.15) is 12.8 Å². The molecule has 1 aromatic carbocycles. The van der Waals surface area contributed by atoms with Crippen LogP contribution in [0.15, 0.2) is 12.1 Å². The Hall–Kier alpha value is -1.00. The average Bonchev–Trinajstić information content (AvgIpc) is 2.47. The Balaban J connectivity index is 1.87. The van der Waals surface area contributed by atoms with E-state index in [0.717, 1.165) is 32.0 Å². The van der Waals surface area contributed by atoms with E-state index in [1.165, 1.54) is 6.07 Å². The van der Waals surface area contributed by atoms with Gasteiger partial charge in [-0.3, -0.25) is 10.1 Å². The highest BCUT2D eigenvalue weighted by atomic mass is 127. The summed E-state index contributed by atoms with van der Waals surface area (Å²) < 4.78 is 19.4. The summed E-state index contributed by atoms with van der Waals surface area (Å²) in [5, 5.41) is 17.1. The number of ether oxygens (including phenoxy) is 1. The van der Waals surface area contributed by atoms with Crippen molar-refractivity contribution in [1.82, 2.24) is 5.32 Å². The lowest BCUT2D eigenvalue weighted by Crippen LogP contribution is -2.33. The molecule has 1 fully saturated rings. The van der Waals surface area contributed by atoms with E-state index in [9.17, 15) is 14.5 Å². The van der Waals surface area contributed by atoms with Crippen molar-refractivity contribution in [2.75, 3.05) is 31.6 Å². The van der Waals surface area contributed by atoms with Crippen LogP contribution in [0.3, 0.4) is 0 Å². The summed E-state index contributed by atoms with van der Waals surface area (Å²) >= 11 is 1.74. The maximum atomic E-state index is 13.5. The van der Waals surface area contributed by atoms with Gasteiger partial charge in [-0.2, -0.15) is 0 Å². The molecule has 2 N–H and O–H groups in total. The first-order chi connectivity index (χ1) is 10.1. The molecule has 0 amide bonds. The van der Waals surface area contributed by atoms with Crippen molar-refractivity contribution in [1.29, 1.82) is 0 Å². The highest BCUT2D eigenvalue weighted by molar-refractivity contribution is 14.1. The maximum absolute atomic E-state index is 13.5. The van der Waals surface area contributed by atoms with Gasteiger partial charge < -0.3 is 15.4 Å². The maximum Gasteiger partial charge on any atom is 0.293 e. The van der Waals surface area contributed by atoms with Gasteiger partial charge in [-0.15, -0.1) is 0 Å². The van der Waals surface area contributed by atoms with E-state index in [-0.39, 0.29) is 21.0 Å². The second kappa shape index (κ2) is 7.85. The van der Waals surface area contributed by atoms with Crippen LogP contribution < -0.4 is 10.6 Å². The van der Waals surface area contributed by atoms with Gasteiger partial charge in [0, 0.05) is 18.7 Å². The number of halogens is 2. The van der Waals surface area contributed by atoms with Crippen LogP contribution in [0, 0.1) is 19.5 Å². The van der Waals surface area contributed by atoms with Crippen LogP contribution in [0.5, 0.6) is 0 Å². The Morgan fingerprint density at radius 1 is 1.48 bits per heavy atom. The third-order valence-electron chi connectivity index (χ3n) is 3.29. The largest absolute Gasteiger partial charge is 0.377 e. The van der Waals surface area contributed by atoms with E-state index >= 15 is 0 Å². The highest BCUT2D eigenvalue weighted by Gasteiger charge is 2.17. The molecule has 0 aliphatic carbocycles. The van der Waals surface area contributed by atoms with Gasteiger partial charge in [0.05, 0.1) is 21.2 Å². The number of hydrogen-bond acceptors (Lipinski definition) is 5. The lowest BCUT2D eigenvalue weighted by Gasteiger charge is -2.23. The van der Waals surface area contributed by atoms with Gasteiger partial charge in [-0.1, -0.05) is 0 Å². The van der Waals surface area contributed by atoms with Crippen LogP contribution >= 0.6 is 22.6 Å². The SMILES string of the molecule is O=[N+]([O-])c1cc(I)c(F)cc1NCCOC1CCNCC1. The number of nitrogens with one attached hydrogen (secondary N) is 2. The van der Waals surface area contributed by atoms with Gasteiger partial charge in [0.25, 0.3) is 5.69 Å². The van der Waals surface area contributed by atoms with Crippen LogP contribution in [0.25, 0.3) is 0 Å². The van der Waals surface area contributed by atoms with E-state index in [1.807, 2.05) is 0 Å². The molecule has 2 rings (SSSR count). The number of rotatable bonds is 6. The van der Waals surface area contributed by atoms with Crippen molar-refractivity contribution >= 4 is 34.0 Å². The Morgan fingerprint density at radius 3 is 2.86 bits per heavy atom. The zero-order valence-electron chi connectivity index (χ0n) is 11.4. The second-order valence-electron chi connectivity index (χ2n) is 4.79. The molecule has 21 heavy (non-hydrogen) atoms. The third-order valence-corrected chi connectivity index (χ3v) is 4.12. The summed E-state index contributed by atoms with van der Waals surface area (Å²) in [7, 11) is 0. The molecule has 1 aliphatic heterocycles. The minimum atomic E-state index is -0.516. The lowest BCUT2D eigenvalue weighted by molar-refractivity contribution is -0.384. The molecule has 0 radical (unpaired) electrons. The van der Waals surface area contributed by atoms with Gasteiger partial charge in [-0.05, 0) is 48.5 Å². The fraction of sp³-hybridized carbons (Fsp3) is 0.538. The second-order valence-corrected chi connectivity index (χ2v) is 5.95. The van der Waals surface area contributed by atoms with Crippen LogP contribution in [-0.2, 0) is 4.74 Å². The lowest BCUT2D eigenvalue weighted by atomic mass is 10.1. The monoisotopic (exact) mass is 409 g/mol. The van der Waals surface area contributed by atoms with Crippen LogP contribution in [0.4, 0.5) is 15.8 Å². The van der Waals surface area contributed by atoms with Gasteiger partial charge >= 0.3 is 0 Å². The summed E-state index contributed by atoms with van der Waals surface area (Å²) in [5.74, 6) is -0.469. The number of anilines is 1. The quantitative estimate of drug-likeness (QED) is 0.327. The number of hydrogen-bond donors (Lipinski definition) is 2. The normalized spacial score (nSPS) is 15.9. The Bertz CT molecular complexity index is 510. The summed E-state index contributed by atoms with van der Waals surface area (Å²) in [6.45, 7) is 2.75. The summed E-state index contributed by atoms with van der Waals surface area (Å²) in [4.78, 5) is 10.5. The first-order valence-corrected chi connectivity index (χ1v) is 7.85. The topological polar surface area (TPSA) is 76.4 Å². The van der Waals surface area contributed by atoms with Crippen molar-refractivity contribution in [3.05, 3.63) is 31.6 Å². The molecule has 0 bridgehead atoms. The van der Waals surface area contributed by atoms with Crippen molar-refractivity contribution < 1.29 is 14.1 Å². The standard InChI is InChI=1S/C13H17FIN3O3/c14-10-7-12(13(18(19)20)8-11(10)15)17-5-6-21-9-1-3-16-4-2-9/h7-9,16-17H,1-6H2. The zero-order chi connectivity index (χ0) is 15.2. The number of nitro benzene ring substituents is 1. The molecule has 0 aromatic heterocycles. The van der Waals surface area contributed by atoms with Crippen molar-refractivity contribution in [3.8, 4) is 0 Å². The minimum absolute atomic E-state index is 0.123. The Morgan fingerprint density at radius 2 is 2.19 bits per heavy atom. The number of nitrogens with zero attached hydrogens (tertiary/aromatic N) is 1. The molecule has 0 spiro atoms. The van der Waals surface area contributed by atoms with E-state index in [1.54, 1.807) is 22.6 Å². The summed E-state index contributed by atoms with van der Waals surface area (Å²) in [5.41, 5.74) is 0.0643. The number of piperidine rings is 1. The molecular weight excluding hydrogens is 392 g/mol. The predicted molar refractivity (Wildman–Crippen MR) is 86.1 cm³/mol. The fourth-order valence-electron chi connectivity index (χ4n) is 2.20. The fourth-order valence-corrected chi connectivity index (χ4v) is 2.65. The Kier molecular flexibility index (Phi) is 6.12. The molecule has 0 saturated carbocycles. The minimum Gasteiger partial charge on any atom is -0.377 e. The number of benzene rings is 1. The molecular formula is C13H17FIN3O3. The van der Waals surface area contributed by atoms with Crippen LogP contribution in [0.2, 0.25) is 0 Å². The zero-order valence-corrected chi connectivity index (χ0v) is 13.6. The van der Waals surface area contributed by atoms with E-state index in [2.05, 4.69) is 10.6 Å². The number of nitro groups is 1. The highest BCUT2D eigenvalue weighted by Crippen LogP contribution is 2.28. The van der Waals surface area contributed by atoms with Crippen molar-refractivity contribution in [2.45, 2.75) is 18.9 Å². The molecule has 0 atom stereocenters. The van der Waals surface area contributed by atoms with E-state index < -0.39 is 10.7 Å². The summed E-state index contributed by atoms with van der Waals surface area (Å²) in [6.07, 6.45) is 2.17. The third kappa shape index (κ3) is 4.75. The molecule has 6 nitrogen and oxygen atoms in total.